The molecule has 0 saturated heterocycles. The maximum absolute atomic E-state index is 12.2. The Hall–Kier alpha value is -0.970. The lowest BCUT2D eigenvalue weighted by atomic mass is 9.78. The normalized spacial score (nSPS) is 37.0. The Labute approximate surface area is 153 Å². The second kappa shape index (κ2) is 8.61. The third kappa shape index (κ3) is 6.69. The highest BCUT2D eigenvalue weighted by atomic mass is 16.5. The van der Waals surface area contributed by atoms with E-state index in [2.05, 4.69) is 6.92 Å². The fourth-order valence-corrected chi connectivity index (χ4v) is 3.43. The Morgan fingerprint density at radius 2 is 1.92 bits per heavy atom. The highest BCUT2D eigenvalue weighted by Gasteiger charge is 2.42. The van der Waals surface area contributed by atoms with E-state index in [0.29, 0.717) is 32.1 Å². The first-order chi connectivity index (χ1) is 11.4. The van der Waals surface area contributed by atoms with E-state index in [9.17, 15) is 15.0 Å². The Bertz CT molecular complexity index is 510. The van der Waals surface area contributed by atoms with Gasteiger partial charge in [0.15, 0.2) is 0 Å². The van der Waals surface area contributed by atoms with Crippen molar-refractivity contribution in [2.24, 2.45) is 5.92 Å². The molecular formula is C21H36O4. The van der Waals surface area contributed by atoms with Crippen molar-refractivity contribution >= 4 is 5.78 Å². The van der Waals surface area contributed by atoms with Crippen LogP contribution in [0.25, 0.3) is 0 Å². The van der Waals surface area contributed by atoms with E-state index >= 15 is 0 Å². The van der Waals surface area contributed by atoms with Crippen molar-refractivity contribution in [3.05, 3.63) is 23.8 Å². The predicted molar refractivity (Wildman–Crippen MR) is 101 cm³/mol. The van der Waals surface area contributed by atoms with E-state index in [1.54, 1.807) is 34.0 Å². The molecule has 0 aromatic carbocycles. The zero-order valence-corrected chi connectivity index (χ0v) is 16.8. The summed E-state index contributed by atoms with van der Waals surface area (Å²) in [7, 11) is 1.59. The van der Waals surface area contributed by atoms with Gasteiger partial charge in [-0.1, -0.05) is 30.7 Å². The van der Waals surface area contributed by atoms with Gasteiger partial charge in [0.2, 0.25) is 0 Å². The molecule has 0 aromatic rings. The average molecular weight is 353 g/mol. The average Bonchev–Trinajstić information content (AvgIpc) is 2.45. The van der Waals surface area contributed by atoms with Crippen molar-refractivity contribution in [1.29, 1.82) is 0 Å². The van der Waals surface area contributed by atoms with Crippen LogP contribution in [-0.4, -0.2) is 39.9 Å². The largest absolute Gasteiger partial charge is 0.387 e. The van der Waals surface area contributed by atoms with E-state index in [0.717, 1.165) is 12.0 Å². The van der Waals surface area contributed by atoms with Gasteiger partial charge in [-0.05, 0) is 59.3 Å². The van der Waals surface area contributed by atoms with Gasteiger partial charge in [-0.3, -0.25) is 4.79 Å². The van der Waals surface area contributed by atoms with E-state index in [1.165, 1.54) is 0 Å². The third-order valence-electron chi connectivity index (χ3n) is 5.32. The molecule has 0 heterocycles. The molecule has 0 bridgehead atoms. The number of methoxy groups -OCH3 is 1. The van der Waals surface area contributed by atoms with Gasteiger partial charge in [-0.25, -0.2) is 0 Å². The van der Waals surface area contributed by atoms with Gasteiger partial charge in [0.1, 0.15) is 11.4 Å². The van der Waals surface area contributed by atoms with Crippen LogP contribution in [0, 0.1) is 5.92 Å². The van der Waals surface area contributed by atoms with Crippen LogP contribution in [0.4, 0.5) is 0 Å². The van der Waals surface area contributed by atoms with Gasteiger partial charge >= 0.3 is 0 Å². The summed E-state index contributed by atoms with van der Waals surface area (Å²) in [5, 5.41) is 21.4. The summed E-state index contributed by atoms with van der Waals surface area (Å²) in [6.45, 7) is 9.25. The maximum Gasteiger partial charge on any atom is 0.137 e. The fourth-order valence-electron chi connectivity index (χ4n) is 3.43. The maximum atomic E-state index is 12.2. The molecule has 1 rings (SSSR count). The van der Waals surface area contributed by atoms with Gasteiger partial charge in [-0.15, -0.1) is 0 Å². The third-order valence-corrected chi connectivity index (χ3v) is 5.32. The van der Waals surface area contributed by atoms with Crippen molar-refractivity contribution in [2.75, 3.05) is 7.11 Å². The predicted octanol–water partition coefficient (Wildman–Crippen LogP) is 3.96. The molecule has 0 amide bonds. The summed E-state index contributed by atoms with van der Waals surface area (Å²) in [5.41, 5.74) is -1.93. The number of aliphatic hydroxyl groups is 2. The van der Waals surface area contributed by atoms with Gasteiger partial charge in [0, 0.05) is 20.0 Å². The van der Waals surface area contributed by atoms with Crippen LogP contribution < -0.4 is 0 Å². The van der Waals surface area contributed by atoms with Gasteiger partial charge < -0.3 is 14.9 Å². The molecule has 0 saturated carbocycles. The summed E-state index contributed by atoms with van der Waals surface area (Å²) in [4.78, 5) is 12.2. The quantitative estimate of drug-likeness (QED) is 0.738. The first-order valence-corrected chi connectivity index (χ1v) is 9.28. The van der Waals surface area contributed by atoms with Crippen LogP contribution in [-0.2, 0) is 9.53 Å². The summed E-state index contributed by atoms with van der Waals surface area (Å²) in [5.74, 6) is 0.459. The van der Waals surface area contributed by atoms with Gasteiger partial charge in [0.05, 0.1) is 11.2 Å². The summed E-state index contributed by atoms with van der Waals surface area (Å²) >= 11 is 0. The SMILES string of the molecule is CO[C@@]1(C(C)(C)O)/C=C/[C@](C)(O)CC/C=C(\C)CC(=O)C[C@@H](C)CC1. The van der Waals surface area contributed by atoms with Crippen LogP contribution >= 0.6 is 0 Å². The van der Waals surface area contributed by atoms with Crippen molar-refractivity contribution in [2.45, 2.75) is 89.9 Å². The number of hydrogen-bond donors (Lipinski definition) is 2. The lowest BCUT2D eigenvalue weighted by molar-refractivity contribution is -0.129. The van der Waals surface area contributed by atoms with Gasteiger partial charge in [0.25, 0.3) is 0 Å². The topological polar surface area (TPSA) is 66.8 Å². The van der Waals surface area contributed by atoms with Crippen LogP contribution in [0.15, 0.2) is 23.8 Å². The second-order valence-electron chi connectivity index (χ2n) is 8.50. The molecule has 0 unspecified atom stereocenters. The van der Waals surface area contributed by atoms with E-state index in [4.69, 9.17) is 4.74 Å². The molecule has 1 aliphatic carbocycles. The molecule has 0 spiro atoms. The van der Waals surface area contributed by atoms with Crippen LogP contribution in [0.5, 0.6) is 0 Å². The monoisotopic (exact) mass is 352 g/mol. The van der Waals surface area contributed by atoms with E-state index in [1.807, 2.05) is 19.1 Å². The Balaban J connectivity index is 3.18. The lowest BCUT2D eigenvalue weighted by Crippen LogP contribution is -2.50. The first kappa shape index (κ1) is 22.1. The second-order valence-corrected chi connectivity index (χ2v) is 8.50. The lowest BCUT2D eigenvalue weighted by Gasteiger charge is -2.41. The molecule has 0 aliphatic heterocycles. The highest BCUT2D eigenvalue weighted by molar-refractivity contribution is 5.80. The Morgan fingerprint density at radius 3 is 2.48 bits per heavy atom. The van der Waals surface area contributed by atoms with Crippen molar-refractivity contribution in [3.8, 4) is 0 Å². The molecule has 0 radical (unpaired) electrons. The summed E-state index contributed by atoms with van der Waals surface area (Å²) < 4.78 is 5.74. The van der Waals surface area contributed by atoms with Crippen LogP contribution in [0.2, 0.25) is 0 Å². The molecule has 1 aliphatic rings. The Kier molecular flexibility index (Phi) is 7.60. The minimum Gasteiger partial charge on any atom is -0.387 e. The zero-order chi connectivity index (χ0) is 19.3. The number of hydrogen-bond acceptors (Lipinski definition) is 4. The highest BCUT2D eigenvalue weighted by Crippen LogP contribution is 2.35. The van der Waals surface area contributed by atoms with E-state index < -0.39 is 16.8 Å². The number of Topliss-reactive ketones (excluding diaryl/α,β-unsaturated/α-hetero) is 1. The molecule has 0 aromatic heterocycles. The molecule has 144 valence electrons. The summed E-state index contributed by atoms with van der Waals surface area (Å²) in [6, 6.07) is 0. The van der Waals surface area contributed by atoms with Crippen LogP contribution in [0.1, 0.15) is 73.1 Å². The zero-order valence-electron chi connectivity index (χ0n) is 16.8. The Morgan fingerprint density at radius 1 is 1.28 bits per heavy atom. The van der Waals surface area contributed by atoms with Gasteiger partial charge in [-0.2, -0.15) is 0 Å². The smallest absolute Gasteiger partial charge is 0.137 e. The number of carbonyl (C=O) groups is 1. The first-order valence-electron chi connectivity index (χ1n) is 9.28. The number of rotatable bonds is 2. The molecule has 25 heavy (non-hydrogen) atoms. The number of ether oxygens (including phenoxy) is 1. The van der Waals surface area contributed by atoms with E-state index in [-0.39, 0.29) is 11.7 Å². The van der Waals surface area contributed by atoms with Crippen molar-refractivity contribution < 1.29 is 19.7 Å². The molecule has 2 N–H and O–H groups in total. The molecule has 0 fully saturated rings. The number of ketones is 1. The fraction of sp³-hybridized carbons (Fsp3) is 0.762. The van der Waals surface area contributed by atoms with Crippen molar-refractivity contribution in [3.63, 3.8) is 0 Å². The summed E-state index contributed by atoms with van der Waals surface area (Å²) in [6.07, 6.45) is 9.22. The molecule has 4 nitrogen and oxygen atoms in total. The molecule has 3 atom stereocenters. The standard InChI is InChI=1S/C21H36O4/c1-16-8-7-10-20(5,24)12-13-21(25-6,19(3,4)23)11-9-17(2)15-18(22)14-16/h8,12-13,17,23-24H,7,9-11,14-15H2,1-6H3/b13-12+,16-8+/t17-,20+,21+/m0/s1. The minimum atomic E-state index is -1.11. The minimum absolute atomic E-state index is 0.217. The molecule has 4 heteroatoms. The van der Waals surface area contributed by atoms with Crippen LogP contribution in [0.3, 0.4) is 0 Å². The van der Waals surface area contributed by atoms with Crippen molar-refractivity contribution in [1.82, 2.24) is 0 Å². The molecular weight excluding hydrogens is 316 g/mol. The number of allylic oxidation sites excluding steroid dienone is 2. The number of carbonyl (C=O) groups excluding carboxylic acids is 1.